The molecule has 2 nitrogen and oxygen atoms in total. The Kier molecular flexibility index (Phi) is 2.93. The molecule has 0 amide bonds. The fraction of sp³-hybridized carbons (Fsp3) is 0.333. The minimum Gasteiger partial charge on any atom is -0.309 e. The monoisotopic (exact) mass is 150 g/mol. The Hall–Kier alpha value is -1.02. The van der Waals surface area contributed by atoms with Crippen LogP contribution in [0.15, 0.2) is 37.6 Å². The van der Waals surface area contributed by atoms with Crippen molar-refractivity contribution >= 4 is 0 Å². The van der Waals surface area contributed by atoms with Gasteiger partial charge in [-0.1, -0.05) is 18.2 Å². The van der Waals surface area contributed by atoms with Gasteiger partial charge in [0.2, 0.25) is 0 Å². The standard InChI is InChI=1S/C9H14N2/c1-3-6-10-8-5-9-11(10)7-4-2/h3-5,8H,1-2,6-7,9H2. The molecule has 0 unspecified atom stereocenters. The molecule has 60 valence electrons. The third-order valence-electron chi connectivity index (χ3n) is 1.61. The van der Waals surface area contributed by atoms with Crippen molar-refractivity contribution in [3.8, 4) is 0 Å². The Balaban J connectivity index is 2.41. The largest absolute Gasteiger partial charge is 0.309 e. The first kappa shape index (κ1) is 8.08. The Morgan fingerprint density at radius 3 is 2.64 bits per heavy atom. The molecule has 0 bridgehead atoms. The highest BCUT2D eigenvalue weighted by Gasteiger charge is 2.11. The smallest absolute Gasteiger partial charge is 0.0518 e. The Bertz CT molecular complexity index is 172. The minimum atomic E-state index is 0.879. The molecule has 11 heavy (non-hydrogen) atoms. The summed E-state index contributed by atoms with van der Waals surface area (Å²) < 4.78 is 0. The van der Waals surface area contributed by atoms with Gasteiger partial charge in [-0.2, -0.15) is 0 Å². The molecule has 1 aliphatic heterocycles. The van der Waals surface area contributed by atoms with Gasteiger partial charge in [-0.15, -0.1) is 13.2 Å². The summed E-state index contributed by atoms with van der Waals surface area (Å²) in [4.78, 5) is 0. The normalized spacial score (nSPS) is 17.3. The average molecular weight is 150 g/mol. The fourth-order valence-electron chi connectivity index (χ4n) is 1.13. The summed E-state index contributed by atoms with van der Waals surface area (Å²) in [6.07, 6.45) is 8.01. The van der Waals surface area contributed by atoms with Gasteiger partial charge in [0.05, 0.1) is 6.54 Å². The molecule has 2 heteroatoms. The van der Waals surface area contributed by atoms with Gasteiger partial charge in [-0.05, 0) is 0 Å². The lowest BCUT2D eigenvalue weighted by Crippen LogP contribution is -2.35. The molecule has 0 atom stereocenters. The molecule has 1 heterocycles. The third-order valence-corrected chi connectivity index (χ3v) is 1.61. The van der Waals surface area contributed by atoms with E-state index in [1.54, 1.807) is 0 Å². The summed E-state index contributed by atoms with van der Waals surface area (Å²) in [6.45, 7) is 10.2. The van der Waals surface area contributed by atoms with E-state index in [9.17, 15) is 0 Å². The Morgan fingerprint density at radius 2 is 2.00 bits per heavy atom. The van der Waals surface area contributed by atoms with Crippen molar-refractivity contribution in [3.05, 3.63) is 37.6 Å². The van der Waals surface area contributed by atoms with Crippen molar-refractivity contribution in [1.82, 2.24) is 10.0 Å². The van der Waals surface area contributed by atoms with E-state index in [1.807, 2.05) is 12.2 Å². The zero-order valence-electron chi connectivity index (χ0n) is 6.74. The maximum absolute atomic E-state index is 3.70. The first-order chi connectivity index (χ1) is 5.38. The Labute approximate surface area is 68.1 Å². The van der Waals surface area contributed by atoms with Crippen molar-refractivity contribution in [1.29, 1.82) is 0 Å². The van der Waals surface area contributed by atoms with E-state index in [4.69, 9.17) is 0 Å². The average Bonchev–Trinajstić information content (AvgIpc) is 2.39. The number of hydrazine groups is 1. The first-order valence-electron chi connectivity index (χ1n) is 3.78. The summed E-state index contributed by atoms with van der Waals surface area (Å²) in [5.74, 6) is 0. The predicted molar refractivity (Wildman–Crippen MR) is 47.8 cm³/mol. The molecule has 0 fully saturated rings. The summed E-state index contributed by atoms with van der Waals surface area (Å²) in [5.41, 5.74) is 0. The molecule has 1 rings (SSSR count). The molecule has 0 saturated carbocycles. The molecule has 0 N–H and O–H groups in total. The van der Waals surface area contributed by atoms with Crippen LogP contribution in [-0.4, -0.2) is 29.7 Å². The molecule has 0 aliphatic carbocycles. The van der Waals surface area contributed by atoms with Crippen molar-refractivity contribution in [2.75, 3.05) is 19.6 Å². The van der Waals surface area contributed by atoms with Gasteiger partial charge < -0.3 is 5.01 Å². The topological polar surface area (TPSA) is 6.48 Å². The molecule has 0 aromatic rings. The van der Waals surface area contributed by atoms with Crippen LogP contribution in [0.2, 0.25) is 0 Å². The molecule has 0 saturated heterocycles. The SMILES string of the molecule is C=CCN1C=CCN1CC=C. The van der Waals surface area contributed by atoms with Crippen LogP contribution in [0.1, 0.15) is 0 Å². The second kappa shape index (κ2) is 3.98. The lowest BCUT2D eigenvalue weighted by atomic mass is 10.5. The zero-order chi connectivity index (χ0) is 8.10. The maximum Gasteiger partial charge on any atom is 0.0518 e. The van der Waals surface area contributed by atoms with Crippen LogP contribution in [0.5, 0.6) is 0 Å². The molecular weight excluding hydrogens is 136 g/mol. The van der Waals surface area contributed by atoms with Crippen LogP contribution in [0, 0.1) is 0 Å². The van der Waals surface area contributed by atoms with Crippen LogP contribution in [0.4, 0.5) is 0 Å². The summed E-state index contributed by atoms with van der Waals surface area (Å²) in [6, 6.07) is 0. The number of nitrogens with zero attached hydrogens (tertiary/aromatic N) is 2. The van der Waals surface area contributed by atoms with E-state index in [1.165, 1.54) is 0 Å². The highest BCUT2D eigenvalue weighted by molar-refractivity contribution is 4.95. The van der Waals surface area contributed by atoms with E-state index in [0.29, 0.717) is 0 Å². The molecule has 0 spiro atoms. The van der Waals surface area contributed by atoms with Gasteiger partial charge >= 0.3 is 0 Å². The highest BCUT2D eigenvalue weighted by Crippen LogP contribution is 2.06. The summed E-state index contributed by atoms with van der Waals surface area (Å²) in [5, 5.41) is 4.34. The van der Waals surface area contributed by atoms with E-state index in [2.05, 4.69) is 35.5 Å². The summed E-state index contributed by atoms with van der Waals surface area (Å²) in [7, 11) is 0. The lowest BCUT2D eigenvalue weighted by Gasteiger charge is -2.26. The van der Waals surface area contributed by atoms with Crippen LogP contribution < -0.4 is 0 Å². The van der Waals surface area contributed by atoms with E-state index in [-0.39, 0.29) is 0 Å². The molecule has 0 radical (unpaired) electrons. The van der Waals surface area contributed by atoms with Crippen molar-refractivity contribution in [2.45, 2.75) is 0 Å². The lowest BCUT2D eigenvalue weighted by molar-refractivity contribution is 0.0792. The van der Waals surface area contributed by atoms with Crippen LogP contribution in [0.25, 0.3) is 0 Å². The fourth-order valence-corrected chi connectivity index (χ4v) is 1.13. The van der Waals surface area contributed by atoms with Gasteiger partial charge in [0, 0.05) is 19.3 Å². The van der Waals surface area contributed by atoms with E-state index in [0.717, 1.165) is 19.6 Å². The molecular formula is C9H14N2. The molecule has 0 aromatic heterocycles. The quantitative estimate of drug-likeness (QED) is 0.559. The van der Waals surface area contributed by atoms with Crippen LogP contribution >= 0.6 is 0 Å². The van der Waals surface area contributed by atoms with Gasteiger partial charge in [0.25, 0.3) is 0 Å². The Morgan fingerprint density at radius 1 is 1.27 bits per heavy atom. The highest BCUT2D eigenvalue weighted by atomic mass is 15.6. The third kappa shape index (κ3) is 1.95. The molecule has 1 aliphatic rings. The van der Waals surface area contributed by atoms with Gasteiger partial charge in [-0.3, -0.25) is 0 Å². The van der Waals surface area contributed by atoms with Gasteiger partial charge in [-0.25, -0.2) is 5.01 Å². The second-order valence-corrected chi connectivity index (χ2v) is 2.46. The zero-order valence-corrected chi connectivity index (χ0v) is 6.74. The van der Waals surface area contributed by atoms with Crippen LogP contribution in [0.3, 0.4) is 0 Å². The minimum absolute atomic E-state index is 0.879. The number of rotatable bonds is 4. The number of hydrogen-bond donors (Lipinski definition) is 0. The predicted octanol–water partition coefficient (Wildman–Crippen LogP) is 1.40. The maximum atomic E-state index is 3.70. The van der Waals surface area contributed by atoms with Gasteiger partial charge in [0.1, 0.15) is 0 Å². The van der Waals surface area contributed by atoms with Crippen molar-refractivity contribution < 1.29 is 0 Å². The van der Waals surface area contributed by atoms with Crippen molar-refractivity contribution in [2.24, 2.45) is 0 Å². The first-order valence-corrected chi connectivity index (χ1v) is 3.78. The van der Waals surface area contributed by atoms with Crippen molar-refractivity contribution in [3.63, 3.8) is 0 Å². The van der Waals surface area contributed by atoms with E-state index < -0.39 is 0 Å². The van der Waals surface area contributed by atoms with Crippen LogP contribution in [-0.2, 0) is 0 Å². The second-order valence-electron chi connectivity index (χ2n) is 2.46. The summed E-state index contributed by atoms with van der Waals surface area (Å²) >= 11 is 0. The molecule has 0 aromatic carbocycles. The number of hydrogen-bond acceptors (Lipinski definition) is 2. The van der Waals surface area contributed by atoms with E-state index >= 15 is 0 Å². The van der Waals surface area contributed by atoms with Gasteiger partial charge in [0.15, 0.2) is 0 Å².